The Labute approximate surface area is 122 Å². The molecule has 0 amide bonds. The highest BCUT2D eigenvalue weighted by Crippen LogP contribution is 2.30. The molecule has 19 heavy (non-hydrogen) atoms. The van der Waals surface area contributed by atoms with Crippen LogP contribution in [0.1, 0.15) is 29.9 Å². The molecule has 1 aromatic heterocycles. The number of anilines is 1. The Kier molecular flexibility index (Phi) is 4.32. The number of benzene rings is 1. The van der Waals surface area contributed by atoms with Gasteiger partial charge in [-0.05, 0) is 38.1 Å². The van der Waals surface area contributed by atoms with Crippen molar-refractivity contribution in [3.63, 3.8) is 0 Å². The topological polar surface area (TPSA) is 36.6 Å². The summed E-state index contributed by atoms with van der Waals surface area (Å²) in [6, 6.07) is 7.94. The second-order valence-corrected chi connectivity index (χ2v) is 5.65. The Hall–Kier alpha value is -1.26. The fraction of sp³-hybridized carbons (Fsp3) is 0.333. The Morgan fingerprint density at radius 3 is 2.68 bits per heavy atom. The molecule has 0 saturated carbocycles. The van der Waals surface area contributed by atoms with Crippen molar-refractivity contribution in [3.05, 3.63) is 51.9 Å². The molecule has 0 radical (unpaired) electrons. The van der Waals surface area contributed by atoms with Crippen LogP contribution in [-0.4, -0.2) is 12.2 Å². The molecule has 2 aromatic rings. The molecule has 0 aliphatic heterocycles. The van der Waals surface area contributed by atoms with Gasteiger partial charge in [0.15, 0.2) is 0 Å². The number of aliphatic hydroxyl groups is 1. The van der Waals surface area contributed by atoms with Crippen LogP contribution in [0.5, 0.6) is 0 Å². The number of aryl methyl sites for hydroxylation is 1. The molecule has 0 fully saturated rings. The summed E-state index contributed by atoms with van der Waals surface area (Å²) in [5, 5.41) is 9.89. The van der Waals surface area contributed by atoms with Gasteiger partial charge in [0.05, 0.1) is 12.4 Å². The third kappa shape index (κ3) is 3.19. The highest BCUT2D eigenvalue weighted by Gasteiger charge is 2.13. The van der Waals surface area contributed by atoms with Gasteiger partial charge in [-0.25, -0.2) is 0 Å². The van der Waals surface area contributed by atoms with Crippen molar-refractivity contribution in [1.29, 1.82) is 0 Å². The Morgan fingerprint density at radius 1 is 1.37 bits per heavy atom. The molecule has 1 atom stereocenters. The number of hydrogen-bond acceptors (Lipinski definition) is 3. The quantitative estimate of drug-likeness (QED) is 0.922. The van der Waals surface area contributed by atoms with Gasteiger partial charge in [-0.1, -0.05) is 15.9 Å². The molecule has 0 aliphatic carbocycles. The van der Waals surface area contributed by atoms with Gasteiger partial charge in [0.2, 0.25) is 0 Å². The van der Waals surface area contributed by atoms with Gasteiger partial charge >= 0.3 is 0 Å². The monoisotopic (exact) mass is 323 g/mol. The molecule has 1 unspecified atom stereocenters. The number of halogens is 1. The molecule has 0 bridgehead atoms. The molecular weight excluding hydrogens is 306 g/mol. The standard InChI is InChI=1S/C15H18BrNO2/c1-10(18)14-8-13(16)4-5-15(14)17(3)9-12-6-7-19-11(12)2/h4-8,10,18H,9H2,1-3H3. The molecule has 0 aliphatic rings. The lowest BCUT2D eigenvalue weighted by atomic mass is 10.1. The summed E-state index contributed by atoms with van der Waals surface area (Å²) in [6.45, 7) is 4.49. The van der Waals surface area contributed by atoms with Crippen molar-refractivity contribution in [2.75, 3.05) is 11.9 Å². The molecule has 1 N–H and O–H groups in total. The first-order chi connectivity index (χ1) is 8.99. The smallest absolute Gasteiger partial charge is 0.105 e. The number of furan rings is 1. The van der Waals surface area contributed by atoms with Crippen molar-refractivity contribution in [1.82, 2.24) is 0 Å². The van der Waals surface area contributed by atoms with Crippen LogP contribution < -0.4 is 4.90 Å². The van der Waals surface area contributed by atoms with Crippen molar-refractivity contribution < 1.29 is 9.52 Å². The van der Waals surface area contributed by atoms with E-state index in [1.54, 1.807) is 13.2 Å². The third-order valence-electron chi connectivity index (χ3n) is 3.22. The molecule has 0 saturated heterocycles. The van der Waals surface area contributed by atoms with E-state index in [-0.39, 0.29) is 0 Å². The van der Waals surface area contributed by atoms with Crippen molar-refractivity contribution in [3.8, 4) is 0 Å². The second-order valence-electron chi connectivity index (χ2n) is 4.74. The summed E-state index contributed by atoms with van der Waals surface area (Å²) < 4.78 is 6.29. The van der Waals surface area contributed by atoms with Crippen LogP contribution in [0.2, 0.25) is 0 Å². The molecule has 1 aromatic carbocycles. The summed E-state index contributed by atoms with van der Waals surface area (Å²) >= 11 is 3.44. The minimum Gasteiger partial charge on any atom is -0.469 e. The minimum atomic E-state index is -0.500. The van der Waals surface area contributed by atoms with E-state index in [0.29, 0.717) is 0 Å². The van der Waals surface area contributed by atoms with Crippen LogP contribution >= 0.6 is 15.9 Å². The summed E-state index contributed by atoms with van der Waals surface area (Å²) in [6.07, 6.45) is 1.20. The summed E-state index contributed by atoms with van der Waals surface area (Å²) in [7, 11) is 2.02. The molecule has 1 heterocycles. The Balaban J connectivity index is 2.28. The highest BCUT2D eigenvalue weighted by atomic mass is 79.9. The predicted octanol–water partition coefficient (Wildman–Crippen LogP) is 4.04. The van der Waals surface area contributed by atoms with E-state index in [9.17, 15) is 5.11 Å². The SMILES string of the molecule is Cc1occc1CN(C)c1ccc(Br)cc1C(C)O. The number of aliphatic hydroxyl groups excluding tert-OH is 1. The van der Waals surface area contributed by atoms with E-state index in [1.165, 1.54) is 0 Å². The number of rotatable bonds is 4. The lowest BCUT2D eigenvalue weighted by molar-refractivity contribution is 0.199. The van der Waals surface area contributed by atoms with Crippen LogP contribution in [0.25, 0.3) is 0 Å². The zero-order chi connectivity index (χ0) is 14.0. The van der Waals surface area contributed by atoms with Crippen molar-refractivity contribution in [2.45, 2.75) is 26.5 Å². The van der Waals surface area contributed by atoms with Crippen LogP contribution in [0.15, 0.2) is 39.4 Å². The largest absolute Gasteiger partial charge is 0.469 e. The van der Waals surface area contributed by atoms with E-state index in [2.05, 4.69) is 20.8 Å². The minimum absolute atomic E-state index is 0.500. The first-order valence-corrected chi connectivity index (χ1v) is 7.00. The Morgan fingerprint density at radius 2 is 2.11 bits per heavy atom. The van der Waals surface area contributed by atoms with Crippen molar-refractivity contribution in [2.24, 2.45) is 0 Å². The molecule has 102 valence electrons. The average Bonchev–Trinajstić information content (AvgIpc) is 2.74. The van der Waals surface area contributed by atoms with Crippen LogP contribution in [-0.2, 0) is 6.54 Å². The molecule has 2 rings (SSSR count). The summed E-state index contributed by atoms with van der Waals surface area (Å²) in [4.78, 5) is 2.12. The lowest BCUT2D eigenvalue weighted by Gasteiger charge is -2.23. The highest BCUT2D eigenvalue weighted by molar-refractivity contribution is 9.10. The first kappa shape index (κ1) is 14.2. The van der Waals surface area contributed by atoms with Gasteiger partial charge in [-0.15, -0.1) is 0 Å². The zero-order valence-electron chi connectivity index (χ0n) is 11.4. The first-order valence-electron chi connectivity index (χ1n) is 6.20. The van der Waals surface area contributed by atoms with Gasteiger partial charge in [-0.3, -0.25) is 0 Å². The molecular formula is C15H18BrNO2. The fourth-order valence-corrected chi connectivity index (χ4v) is 2.50. The number of hydrogen-bond donors (Lipinski definition) is 1. The maximum absolute atomic E-state index is 9.89. The van der Waals surface area contributed by atoms with Crippen LogP contribution in [0, 0.1) is 6.92 Å². The summed E-state index contributed by atoms with van der Waals surface area (Å²) in [5.41, 5.74) is 3.10. The van der Waals surface area contributed by atoms with Crippen molar-refractivity contribution >= 4 is 21.6 Å². The predicted molar refractivity (Wildman–Crippen MR) is 80.3 cm³/mol. The van der Waals surface area contributed by atoms with Gasteiger partial charge in [-0.2, -0.15) is 0 Å². The van der Waals surface area contributed by atoms with E-state index < -0.39 is 6.10 Å². The Bertz CT molecular complexity index is 563. The maximum atomic E-state index is 9.89. The van der Waals surface area contributed by atoms with E-state index in [0.717, 1.165) is 33.6 Å². The third-order valence-corrected chi connectivity index (χ3v) is 3.72. The van der Waals surface area contributed by atoms with E-state index in [1.807, 2.05) is 38.2 Å². The molecule has 3 nitrogen and oxygen atoms in total. The average molecular weight is 324 g/mol. The van der Waals surface area contributed by atoms with Crippen LogP contribution in [0.3, 0.4) is 0 Å². The fourth-order valence-electron chi connectivity index (χ4n) is 2.12. The normalized spacial score (nSPS) is 12.5. The zero-order valence-corrected chi connectivity index (χ0v) is 12.9. The second kappa shape index (κ2) is 5.80. The van der Waals surface area contributed by atoms with Gasteiger partial charge in [0.25, 0.3) is 0 Å². The van der Waals surface area contributed by atoms with E-state index >= 15 is 0 Å². The summed E-state index contributed by atoms with van der Waals surface area (Å²) in [5.74, 6) is 0.933. The lowest BCUT2D eigenvalue weighted by Crippen LogP contribution is -2.18. The van der Waals surface area contributed by atoms with E-state index in [4.69, 9.17) is 4.42 Å². The number of nitrogens with zero attached hydrogens (tertiary/aromatic N) is 1. The van der Waals surface area contributed by atoms with Gasteiger partial charge in [0.1, 0.15) is 5.76 Å². The van der Waals surface area contributed by atoms with Gasteiger partial charge < -0.3 is 14.4 Å². The molecule has 0 spiro atoms. The van der Waals surface area contributed by atoms with Gasteiger partial charge in [0, 0.05) is 34.9 Å². The van der Waals surface area contributed by atoms with Crippen LogP contribution in [0.4, 0.5) is 5.69 Å². The maximum Gasteiger partial charge on any atom is 0.105 e. The molecule has 4 heteroatoms.